The summed E-state index contributed by atoms with van der Waals surface area (Å²) in [6, 6.07) is 9.93. The Labute approximate surface area is 124 Å². The van der Waals surface area contributed by atoms with Crippen molar-refractivity contribution in [2.24, 2.45) is 0 Å². The van der Waals surface area contributed by atoms with E-state index in [4.69, 9.17) is 4.74 Å². The summed E-state index contributed by atoms with van der Waals surface area (Å²) in [5.41, 5.74) is 3.49. The molecule has 3 heteroatoms. The lowest BCUT2D eigenvalue weighted by atomic mass is 9.96. The highest BCUT2D eigenvalue weighted by molar-refractivity contribution is 6.09. The van der Waals surface area contributed by atoms with Crippen LogP contribution in [0.3, 0.4) is 0 Å². The van der Waals surface area contributed by atoms with Gasteiger partial charge >= 0.3 is 0 Å². The van der Waals surface area contributed by atoms with Crippen molar-refractivity contribution in [2.45, 2.75) is 26.7 Å². The molecule has 2 aromatic rings. The molecule has 0 radical (unpaired) electrons. The Morgan fingerprint density at radius 2 is 1.62 bits per heavy atom. The number of rotatable bonds is 5. The van der Waals surface area contributed by atoms with Crippen LogP contribution in [0.4, 0.5) is 4.39 Å². The van der Waals surface area contributed by atoms with Gasteiger partial charge in [0.2, 0.25) is 0 Å². The number of hydrogen-bond donors (Lipinski definition) is 0. The van der Waals surface area contributed by atoms with Crippen LogP contribution in [0, 0.1) is 5.82 Å². The number of halogens is 1. The van der Waals surface area contributed by atoms with E-state index in [1.807, 2.05) is 18.2 Å². The van der Waals surface area contributed by atoms with Crippen LogP contribution in [0.15, 0.2) is 36.4 Å². The maximum atomic E-state index is 13.4. The molecule has 0 aromatic heterocycles. The third-order valence-electron chi connectivity index (χ3n) is 3.64. The second-order valence-corrected chi connectivity index (χ2v) is 4.87. The van der Waals surface area contributed by atoms with Gasteiger partial charge in [-0.1, -0.05) is 26.0 Å². The zero-order valence-corrected chi connectivity index (χ0v) is 12.6. The van der Waals surface area contributed by atoms with Crippen molar-refractivity contribution in [3.05, 3.63) is 64.5 Å². The summed E-state index contributed by atoms with van der Waals surface area (Å²) in [4.78, 5) is 12.5. The fourth-order valence-electron chi connectivity index (χ4n) is 2.41. The van der Waals surface area contributed by atoms with Crippen molar-refractivity contribution >= 4 is 5.78 Å². The van der Waals surface area contributed by atoms with Gasteiger partial charge in [-0.15, -0.1) is 0 Å². The van der Waals surface area contributed by atoms with Crippen LogP contribution in [0.1, 0.15) is 40.9 Å². The molecular weight excluding hydrogens is 267 g/mol. The molecule has 0 unspecified atom stereocenters. The van der Waals surface area contributed by atoms with Gasteiger partial charge in [0.1, 0.15) is 0 Å². The number of ketones is 1. The van der Waals surface area contributed by atoms with Gasteiger partial charge in [0, 0.05) is 11.1 Å². The molecule has 0 heterocycles. The average molecular weight is 286 g/mol. The van der Waals surface area contributed by atoms with Crippen molar-refractivity contribution in [2.75, 3.05) is 7.11 Å². The van der Waals surface area contributed by atoms with Gasteiger partial charge in [-0.25, -0.2) is 4.39 Å². The number of methoxy groups -OCH3 is 1. The van der Waals surface area contributed by atoms with Gasteiger partial charge in [-0.3, -0.25) is 4.79 Å². The monoisotopic (exact) mass is 286 g/mol. The van der Waals surface area contributed by atoms with Gasteiger partial charge < -0.3 is 4.74 Å². The van der Waals surface area contributed by atoms with Gasteiger partial charge in [-0.2, -0.15) is 0 Å². The average Bonchev–Trinajstić information content (AvgIpc) is 2.53. The highest BCUT2D eigenvalue weighted by atomic mass is 19.1. The SMILES string of the molecule is CCc1ccc(C(=O)c2ccc(F)c(OC)c2)cc1CC. The Hall–Kier alpha value is -2.16. The first-order valence-corrected chi connectivity index (χ1v) is 7.10. The first-order valence-electron chi connectivity index (χ1n) is 7.10. The fraction of sp³-hybridized carbons (Fsp3) is 0.278. The van der Waals surface area contributed by atoms with Crippen molar-refractivity contribution in [3.8, 4) is 5.75 Å². The summed E-state index contributed by atoms with van der Waals surface area (Å²) in [7, 11) is 1.39. The molecule has 21 heavy (non-hydrogen) atoms. The lowest BCUT2D eigenvalue weighted by molar-refractivity contribution is 0.103. The summed E-state index contributed by atoms with van der Waals surface area (Å²) in [6.07, 6.45) is 1.83. The molecule has 0 aliphatic heterocycles. The second-order valence-electron chi connectivity index (χ2n) is 4.87. The largest absolute Gasteiger partial charge is 0.494 e. The first kappa shape index (κ1) is 15.2. The minimum Gasteiger partial charge on any atom is -0.494 e. The summed E-state index contributed by atoms with van der Waals surface area (Å²) < 4.78 is 18.3. The van der Waals surface area contributed by atoms with Crippen LogP contribution >= 0.6 is 0 Å². The van der Waals surface area contributed by atoms with Crippen molar-refractivity contribution in [1.29, 1.82) is 0 Å². The summed E-state index contributed by atoms with van der Waals surface area (Å²) in [5, 5.41) is 0. The van der Waals surface area contributed by atoms with E-state index in [0.717, 1.165) is 12.8 Å². The van der Waals surface area contributed by atoms with Crippen LogP contribution in [0.2, 0.25) is 0 Å². The van der Waals surface area contributed by atoms with Crippen molar-refractivity contribution in [1.82, 2.24) is 0 Å². The third-order valence-corrected chi connectivity index (χ3v) is 3.64. The smallest absolute Gasteiger partial charge is 0.193 e. The maximum absolute atomic E-state index is 13.4. The molecule has 0 saturated heterocycles. The molecule has 0 bridgehead atoms. The van der Waals surface area contributed by atoms with Crippen LogP contribution in [0.5, 0.6) is 5.75 Å². The molecule has 0 saturated carbocycles. The minimum absolute atomic E-state index is 0.0849. The number of benzene rings is 2. The Morgan fingerprint density at radius 1 is 1.00 bits per heavy atom. The molecule has 2 nitrogen and oxygen atoms in total. The van der Waals surface area contributed by atoms with E-state index < -0.39 is 5.82 Å². The Kier molecular flexibility index (Phi) is 4.73. The van der Waals surface area contributed by atoms with E-state index in [1.165, 1.54) is 36.4 Å². The number of aryl methyl sites for hydroxylation is 2. The number of hydrogen-bond acceptors (Lipinski definition) is 2. The maximum Gasteiger partial charge on any atom is 0.193 e. The molecule has 110 valence electrons. The van der Waals surface area contributed by atoms with Crippen LogP contribution < -0.4 is 4.74 Å². The molecule has 0 fully saturated rings. The highest BCUT2D eigenvalue weighted by Crippen LogP contribution is 2.22. The van der Waals surface area contributed by atoms with E-state index in [0.29, 0.717) is 11.1 Å². The number of carbonyl (C=O) groups is 1. The minimum atomic E-state index is -0.468. The second kappa shape index (κ2) is 6.53. The Morgan fingerprint density at radius 3 is 2.24 bits per heavy atom. The number of ether oxygens (including phenoxy) is 1. The fourth-order valence-corrected chi connectivity index (χ4v) is 2.41. The molecular formula is C18H19FO2. The van der Waals surface area contributed by atoms with E-state index >= 15 is 0 Å². The van der Waals surface area contributed by atoms with Crippen LogP contribution in [-0.2, 0) is 12.8 Å². The number of carbonyl (C=O) groups excluding carboxylic acids is 1. The third kappa shape index (κ3) is 3.13. The zero-order chi connectivity index (χ0) is 15.4. The van der Waals surface area contributed by atoms with Gasteiger partial charge in [-0.05, 0) is 48.2 Å². The predicted octanol–water partition coefficient (Wildman–Crippen LogP) is 4.19. The van der Waals surface area contributed by atoms with Crippen molar-refractivity contribution in [3.63, 3.8) is 0 Å². The van der Waals surface area contributed by atoms with E-state index in [-0.39, 0.29) is 11.5 Å². The summed E-state index contributed by atoms with van der Waals surface area (Å²) >= 11 is 0. The van der Waals surface area contributed by atoms with E-state index in [1.54, 1.807) is 0 Å². The molecule has 0 spiro atoms. The Balaban J connectivity index is 2.40. The van der Waals surface area contributed by atoms with Gasteiger partial charge in [0.25, 0.3) is 0 Å². The molecule has 0 N–H and O–H groups in total. The first-order chi connectivity index (χ1) is 10.1. The quantitative estimate of drug-likeness (QED) is 0.770. The topological polar surface area (TPSA) is 26.3 Å². The van der Waals surface area contributed by atoms with Crippen LogP contribution in [0.25, 0.3) is 0 Å². The van der Waals surface area contributed by atoms with Gasteiger partial charge in [0.15, 0.2) is 17.3 Å². The molecule has 2 rings (SSSR count). The van der Waals surface area contributed by atoms with E-state index in [9.17, 15) is 9.18 Å². The Bertz CT molecular complexity index is 662. The molecule has 0 aliphatic rings. The lowest BCUT2D eigenvalue weighted by Gasteiger charge is -2.09. The van der Waals surface area contributed by atoms with Crippen LogP contribution in [-0.4, -0.2) is 12.9 Å². The highest BCUT2D eigenvalue weighted by Gasteiger charge is 2.13. The molecule has 0 atom stereocenters. The molecule has 2 aromatic carbocycles. The molecule has 0 amide bonds. The zero-order valence-electron chi connectivity index (χ0n) is 12.6. The van der Waals surface area contributed by atoms with Crippen molar-refractivity contribution < 1.29 is 13.9 Å². The van der Waals surface area contributed by atoms with Gasteiger partial charge in [0.05, 0.1) is 7.11 Å². The normalized spacial score (nSPS) is 10.5. The summed E-state index contributed by atoms with van der Waals surface area (Å²) in [5.74, 6) is -0.503. The molecule has 0 aliphatic carbocycles. The standard InChI is InChI=1S/C18H19FO2/c1-4-12-6-7-14(10-13(12)5-2)18(20)15-8-9-16(19)17(11-15)21-3/h6-11H,4-5H2,1-3H3. The lowest BCUT2D eigenvalue weighted by Crippen LogP contribution is -2.04. The predicted molar refractivity (Wildman–Crippen MR) is 81.6 cm³/mol. The van der Waals surface area contributed by atoms with E-state index in [2.05, 4.69) is 13.8 Å². The summed E-state index contributed by atoms with van der Waals surface area (Å²) in [6.45, 7) is 4.17.